The number of hydrogen-bond acceptors (Lipinski definition) is 3. The minimum Gasteiger partial charge on any atom is -0.465 e. The number of carbonyl (C=O) groups is 2. The molecule has 0 aromatic heterocycles. The second kappa shape index (κ2) is 5.89. The van der Waals surface area contributed by atoms with Gasteiger partial charge in [0.2, 0.25) is 0 Å². The summed E-state index contributed by atoms with van der Waals surface area (Å²) in [5.41, 5.74) is 0. The maximum Gasteiger partial charge on any atom is 0.293 e. The van der Waals surface area contributed by atoms with E-state index in [0.29, 0.717) is 31.0 Å². The van der Waals surface area contributed by atoms with Crippen molar-refractivity contribution in [3.8, 4) is 0 Å². The summed E-state index contributed by atoms with van der Waals surface area (Å²) >= 11 is 0. The van der Waals surface area contributed by atoms with Gasteiger partial charge in [0.25, 0.3) is 6.47 Å². The zero-order valence-electron chi connectivity index (χ0n) is 9.57. The summed E-state index contributed by atoms with van der Waals surface area (Å²) in [4.78, 5) is 21.8. The van der Waals surface area contributed by atoms with Crippen LogP contribution >= 0.6 is 0 Å². The van der Waals surface area contributed by atoms with E-state index in [9.17, 15) is 9.59 Å². The highest BCUT2D eigenvalue weighted by Crippen LogP contribution is 2.27. The lowest BCUT2D eigenvalue weighted by molar-refractivity contribution is -0.140. The van der Waals surface area contributed by atoms with Crippen molar-refractivity contribution in [2.24, 2.45) is 11.8 Å². The zero-order chi connectivity index (χ0) is 11.3. The monoisotopic (exact) mass is 212 g/mol. The van der Waals surface area contributed by atoms with Crippen molar-refractivity contribution in [1.82, 2.24) is 0 Å². The van der Waals surface area contributed by atoms with Gasteiger partial charge < -0.3 is 4.74 Å². The number of ether oxygens (including phenoxy) is 1. The third kappa shape index (κ3) is 4.02. The Hall–Kier alpha value is -0.860. The fraction of sp³-hybridized carbons (Fsp3) is 0.833. The minimum atomic E-state index is -0.0302. The van der Waals surface area contributed by atoms with E-state index in [2.05, 4.69) is 13.8 Å². The largest absolute Gasteiger partial charge is 0.465 e. The van der Waals surface area contributed by atoms with Gasteiger partial charge in [-0.1, -0.05) is 20.3 Å². The summed E-state index contributed by atoms with van der Waals surface area (Å²) in [5, 5.41) is 0. The first-order valence-electron chi connectivity index (χ1n) is 5.75. The van der Waals surface area contributed by atoms with E-state index in [1.165, 1.54) is 0 Å². The molecule has 15 heavy (non-hydrogen) atoms. The Morgan fingerprint density at radius 1 is 1.53 bits per heavy atom. The van der Waals surface area contributed by atoms with Gasteiger partial charge in [0, 0.05) is 12.3 Å². The average Bonchev–Trinajstić information content (AvgIpc) is 2.19. The maximum absolute atomic E-state index is 11.6. The van der Waals surface area contributed by atoms with Gasteiger partial charge in [0.15, 0.2) is 0 Å². The number of hydrogen-bond donors (Lipinski definition) is 0. The van der Waals surface area contributed by atoms with Crippen molar-refractivity contribution in [2.45, 2.75) is 52.1 Å². The molecule has 2 unspecified atom stereocenters. The van der Waals surface area contributed by atoms with E-state index in [0.717, 1.165) is 19.3 Å². The molecule has 0 spiro atoms. The fourth-order valence-corrected chi connectivity index (χ4v) is 2.09. The molecule has 0 aromatic rings. The Morgan fingerprint density at radius 2 is 2.27 bits per heavy atom. The normalized spacial score (nSPS) is 26.7. The van der Waals surface area contributed by atoms with E-state index in [1.54, 1.807) is 0 Å². The summed E-state index contributed by atoms with van der Waals surface area (Å²) in [6.45, 7) is 4.82. The second-order valence-electron chi connectivity index (χ2n) is 4.76. The molecule has 3 nitrogen and oxygen atoms in total. The second-order valence-corrected chi connectivity index (χ2v) is 4.76. The molecule has 1 aliphatic rings. The van der Waals surface area contributed by atoms with E-state index in [4.69, 9.17) is 4.74 Å². The molecule has 1 saturated carbocycles. The smallest absolute Gasteiger partial charge is 0.293 e. The van der Waals surface area contributed by atoms with Crippen LogP contribution in [0.1, 0.15) is 46.0 Å². The van der Waals surface area contributed by atoms with Gasteiger partial charge in [-0.2, -0.15) is 0 Å². The van der Waals surface area contributed by atoms with Crippen LogP contribution in [0.15, 0.2) is 0 Å². The van der Waals surface area contributed by atoms with E-state index < -0.39 is 0 Å². The van der Waals surface area contributed by atoms with Crippen LogP contribution in [0.5, 0.6) is 0 Å². The van der Waals surface area contributed by atoms with Gasteiger partial charge in [-0.3, -0.25) is 9.59 Å². The molecule has 0 aromatic carbocycles. The lowest BCUT2D eigenvalue weighted by atomic mass is 9.82. The van der Waals surface area contributed by atoms with Crippen LogP contribution in [0.3, 0.4) is 0 Å². The Morgan fingerprint density at radius 3 is 2.87 bits per heavy atom. The molecule has 86 valence electrons. The van der Waals surface area contributed by atoms with Crippen LogP contribution in [0, 0.1) is 11.8 Å². The van der Waals surface area contributed by atoms with Crippen molar-refractivity contribution in [1.29, 1.82) is 0 Å². The third-order valence-corrected chi connectivity index (χ3v) is 3.06. The first kappa shape index (κ1) is 12.2. The molecule has 1 fully saturated rings. The summed E-state index contributed by atoms with van der Waals surface area (Å²) in [7, 11) is 0. The van der Waals surface area contributed by atoms with Crippen molar-refractivity contribution in [3.63, 3.8) is 0 Å². The molecule has 0 amide bonds. The molecule has 1 aliphatic carbocycles. The van der Waals surface area contributed by atoms with E-state index in [-0.39, 0.29) is 12.0 Å². The predicted molar refractivity (Wildman–Crippen MR) is 57.4 cm³/mol. The first-order chi connectivity index (χ1) is 7.13. The lowest BCUT2D eigenvalue weighted by Crippen LogP contribution is -2.29. The molecule has 0 N–H and O–H groups in total. The summed E-state index contributed by atoms with van der Waals surface area (Å²) in [6, 6.07) is 0. The summed E-state index contributed by atoms with van der Waals surface area (Å²) in [6.07, 6.45) is 3.98. The van der Waals surface area contributed by atoms with Gasteiger partial charge in [-0.05, 0) is 25.2 Å². The van der Waals surface area contributed by atoms with Crippen molar-refractivity contribution in [3.05, 3.63) is 0 Å². The highest BCUT2D eigenvalue weighted by Gasteiger charge is 2.29. The maximum atomic E-state index is 11.6. The van der Waals surface area contributed by atoms with Gasteiger partial charge in [-0.15, -0.1) is 0 Å². The summed E-state index contributed by atoms with van der Waals surface area (Å²) in [5.74, 6) is 1.10. The first-order valence-corrected chi connectivity index (χ1v) is 5.75. The van der Waals surface area contributed by atoms with Gasteiger partial charge in [0.1, 0.15) is 11.9 Å². The van der Waals surface area contributed by atoms with Crippen LogP contribution < -0.4 is 0 Å². The Kier molecular flexibility index (Phi) is 4.79. The molecular formula is C12H20O3. The molecule has 0 aliphatic heterocycles. The number of carbonyl (C=O) groups excluding carboxylic acids is 2. The molecule has 1 rings (SSSR count). The van der Waals surface area contributed by atoms with Crippen molar-refractivity contribution < 1.29 is 14.3 Å². The number of rotatable bonds is 5. The Bertz CT molecular complexity index is 223. The molecule has 2 atom stereocenters. The highest BCUT2D eigenvalue weighted by atomic mass is 16.5. The van der Waals surface area contributed by atoms with E-state index >= 15 is 0 Å². The molecule has 0 bridgehead atoms. The molecular weight excluding hydrogens is 192 g/mol. The molecule has 0 radical (unpaired) electrons. The van der Waals surface area contributed by atoms with Crippen LogP contribution in [0.4, 0.5) is 0 Å². The van der Waals surface area contributed by atoms with E-state index in [1.807, 2.05) is 0 Å². The Labute approximate surface area is 91.2 Å². The van der Waals surface area contributed by atoms with Crippen LogP contribution in [0.25, 0.3) is 0 Å². The van der Waals surface area contributed by atoms with Gasteiger partial charge >= 0.3 is 0 Å². The molecule has 3 heteroatoms. The number of ketones is 1. The van der Waals surface area contributed by atoms with Crippen LogP contribution in [-0.4, -0.2) is 18.4 Å². The average molecular weight is 212 g/mol. The Balaban J connectivity index is 2.39. The topological polar surface area (TPSA) is 43.4 Å². The van der Waals surface area contributed by atoms with Crippen LogP contribution in [-0.2, 0) is 14.3 Å². The standard InChI is InChI=1S/C12H20O3/c1-9(2)3-4-10-7-11(15-8-13)5-6-12(10)14/h8-11H,3-7H2,1-2H3. The van der Waals surface area contributed by atoms with Gasteiger partial charge in [-0.25, -0.2) is 0 Å². The highest BCUT2D eigenvalue weighted by molar-refractivity contribution is 5.81. The number of Topliss-reactive ketones (excluding diaryl/α,β-unsaturated/α-hetero) is 1. The predicted octanol–water partition coefficient (Wildman–Crippen LogP) is 2.33. The SMILES string of the molecule is CC(C)CCC1CC(OC=O)CCC1=O. The quantitative estimate of drug-likeness (QED) is 0.657. The fourth-order valence-electron chi connectivity index (χ4n) is 2.09. The summed E-state index contributed by atoms with van der Waals surface area (Å²) < 4.78 is 4.94. The van der Waals surface area contributed by atoms with Crippen molar-refractivity contribution >= 4 is 12.3 Å². The van der Waals surface area contributed by atoms with Gasteiger partial charge in [0.05, 0.1) is 0 Å². The lowest BCUT2D eigenvalue weighted by Gasteiger charge is -2.27. The minimum absolute atomic E-state index is 0.0302. The zero-order valence-corrected chi connectivity index (χ0v) is 9.57. The third-order valence-electron chi connectivity index (χ3n) is 3.06. The van der Waals surface area contributed by atoms with Crippen molar-refractivity contribution in [2.75, 3.05) is 0 Å². The molecule has 0 saturated heterocycles. The van der Waals surface area contributed by atoms with Crippen LogP contribution in [0.2, 0.25) is 0 Å². The molecule has 0 heterocycles.